The van der Waals surface area contributed by atoms with Gasteiger partial charge in [0.1, 0.15) is 5.58 Å². The number of carboxylic acid groups (broad SMARTS) is 1. The molecule has 0 bridgehead atoms. The second-order valence-electron chi connectivity index (χ2n) is 5.08. The quantitative estimate of drug-likeness (QED) is 0.926. The van der Waals surface area contributed by atoms with Gasteiger partial charge in [0.25, 0.3) is 0 Å². The van der Waals surface area contributed by atoms with Gasteiger partial charge in [-0.1, -0.05) is 18.2 Å². The number of benzene rings is 1. The summed E-state index contributed by atoms with van der Waals surface area (Å²) in [5.74, 6) is -0.814. The molecule has 0 radical (unpaired) electrons. The molecule has 1 aromatic carbocycles. The van der Waals surface area contributed by atoms with E-state index in [1.54, 1.807) is 6.26 Å². The number of nitrogens with zero attached hydrogens (tertiary/aromatic N) is 1. The molecular weight excluding hydrogens is 258 g/mol. The number of hydrogen-bond donors (Lipinski definition) is 1. The number of para-hydroxylation sites is 1. The first-order valence-corrected chi connectivity index (χ1v) is 6.73. The SMILES string of the molecule is O=C(O)CC1CN(Cc2coc3ccccc23)CCO1. The molecule has 1 saturated heterocycles. The summed E-state index contributed by atoms with van der Waals surface area (Å²) in [4.78, 5) is 13.0. The lowest BCUT2D eigenvalue weighted by Gasteiger charge is -2.32. The summed E-state index contributed by atoms with van der Waals surface area (Å²) in [6.45, 7) is 2.80. The van der Waals surface area contributed by atoms with Gasteiger partial charge in [0.2, 0.25) is 0 Å². The summed E-state index contributed by atoms with van der Waals surface area (Å²) in [5.41, 5.74) is 2.02. The van der Waals surface area contributed by atoms with Gasteiger partial charge < -0.3 is 14.3 Å². The Morgan fingerprint density at radius 2 is 2.25 bits per heavy atom. The Hall–Kier alpha value is -1.85. The molecule has 0 aliphatic carbocycles. The highest BCUT2D eigenvalue weighted by Gasteiger charge is 2.23. The van der Waals surface area contributed by atoms with Crippen LogP contribution < -0.4 is 0 Å². The lowest BCUT2D eigenvalue weighted by molar-refractivity contribution is -0.142. The van der Waals surface area contributed by atoms with Crippen molar-refractivity contribution in [1.29, 1.82) is 0 Å². The van der Waals surface area contributed by atoms with E-state index in [-0.39, 0.29) is 12.5 Å². The van der Waals surface area contributed by atoms with Crippen LogP contribution in [0.1, 0.15) is 12.0 Å². The van der Waals surface area contributed by atoms with Crippen molar-refractivity contribution < 1.29 is 19.1 Å². The fourth-order valence-corrected chi connectivity index (χ4v) is 2.64. The second kappa shape index (κ2) is 5.64. The van der Waals surface area contributed by atoms with Crippen LogP contribution in [0.2, 0.25) is 0 Å². The van der Waals surface area contributed by atoms with Crippen LogP contribution in [0.3, 0.4) is 0 Å². The Kier molecular flexibility index (Phi) is 3.71. The van der Waals surface area contributed by atoms with Crippen LogP contribution in [-0.4, -0.2) is 41.8 Å². The summed E-state index contributed by atoms with van der Waals surface area (Å²) in [7, 11) is 0. The number of fused-ring (bicyclic) bond motifs is 1. The number of hydrogen-bond acceptors (Lipinski definition) is 4. The number of rotatable bonds is 4. The van der Waals surface area contributed by atoms with E-state index >= 15 is 0 Å². The van der Waals surface area contributed by atoms with Crippen molar-refractivity contribution in [2.75, 3.05) is 19.7 Å². The van der Waals surface area contributed by atoms with Gasteiger partial charge in [-0.05, 0) is 6.07 Å². The van der Waals surface area contributed by atoms with Crippen molar-refractivity contribution in [1.82, 2.24) is 4.90 Å². The van der Waals surface area contributed by atoms with Crippen LogP contribution >= 0.6 is 0 Å². The van der Waals surface area contributed by atoms with Crippen molar-refractivity contribution in [2.24, 2.45) is 0 Å². The fraction of sp³-hybridized carbons (Fsp3) is 0.400. The Bertz CT molecular complexity index is 607. The lowest BCUT2D eigenvalue weighted by atomic mass is 10.1. The van der Waals surface area contributed by atoms with Gasteiger partial charge in [-0.2, -0.15) is 0 Å². The molecule has 1 aliphatic rings. The van der Waals surface area contributed by atoms with E-state index in [0.29, 0.717) is 13.2 Å². The normalized spacial score (nSPS) is 20.3. The third-order valence-corrected chi connectivity index (χ3v) is 3.58. The smallest absolute Gasteiger partial charge is 0.306 e. The van der Waals surface area contributed by atoms with Gasteiger partial charge >= 0.3 is 5.97 Å². The van der Waals surface area contributed by atoms with E-state index in [4.69, 9.17) is 14.3 Å². The Morgan fingerprint density at radius 3 is 3.10 bits per heavy atom. The van der Waals surface area contributed by atoms with Crippen LogP contribution in [0.15, 0.2) is 34.9 Å². The van der Waals surface area contributed by atoms with Gasteiger partial charge in [0.05, 0.1) is 25.4 Å². The number of morpholine rings is 1. The topological polar surface area (TPSA) is 62.9 Å². The van der Waals surface area contributed by atoms with Crippen LogP contribution in [0.4, 0.5) is 0 Å². The monoisotopic (exact) mass is 275 g/mol. The molecule has 2 aromatic rings. The predicted molar refractivity (Wildman–Crippen MR) is 73.5 cm³/mol. The first kappa shape index (κ1) is 13.1. The molecule has 5 heteroatoms. The number of carboxylic acids is 1. The molecule has 5 nitrogen and oxygen atoms in total. The van der Waals surface area contributed by atoms with E-state index < -0.39 is 5.97 Å². The highest BCUT2D eigenvalue weighted by molar-refractivity contribution is 5.80. The molecule has 1 atom stereocenters. The summed E-state index contributed by atoms with van der Waals surface area (Å²) < 4.78 is 11.0. The molecular formula is C15H17NO4. The van der Waals surface area contributed by atoms with Gasteiger partial charge in [-0.15, -0.1) is 0 Å². The molecule has 1 fully saturated rings. The number of carbonyl (C=O) groups is 1. The minimum absolute atomic E-state index is 0.0582. The molecule has 1 aliphatic heterocycles. The fourth-order valence-electron chi connectivity index (χ4n) is 2.64. The number of furan rings is 1. The van der Waals surface area contributed by atoms with E-state index in [1.165, 1.54) is 0 Å². The molecule has 1 aromatic heterocycles. The molecule has 2 heterocycles. The largest absolute Gasteiger partial charge is 0.481 e. The van der Waals surface area contributed by atoms with Crippen molar-refractivity contribution in [3.8, 4) is 0 Å². The average molecular weight is 275 g/mol. The molecule has 0 spiro atoms. The molecule has 20 heavy (non-hydrogen) atoms. The van der Waals surface area contributed by atoms with Crippen LogP contribution in [0.5, 0.6) is 0 Å². The van der Waals surface area contributed by atoms with E-state index in [2.05, 4.69) is 4.90 Å². The van der Waals surface area contributed by atoms with E-state index in [1.807, 2.05) is 24.3 Å². The summed E-state index contributed by atoms with van der Waals surface area (Å²) in [5, 5.41) is 9.96. The van der Waals surface area contributed by atoms with Gasteiger partial charge in [0.15, 0.2) is 0 Å². The number of aliphatic carboxylic acids is 1. The van der Waals surface area contributed by atoms with Crippen LogP contribution in [-0.2, 0) is 16.1 Å². The zero-order valence-electron chi connectivity index (χ0n) is 11.1. The first-order valence-electron chi connectivity index (χ1n) is 6.73. The third kappa shape index (κ3) is 2.84. The van der Waals surface area contributed by atoms with Crippen molar-refractivity contribution in [3.63, 3.8) is 0 Å². The molecule has 106 valence electrons. The predicted octanol–water partition coefficient (Wildman–Crippen LogP) is 2.11. The highest BCUT2D eigenvalue weighted by atomic mass is 16.5. The molecule has 0 saturated carbocycles. The number of ether oxygens (including phenoxy) is 1. The average Bonchev–Trinajstić information content (AvgIpc) is 2.82. The second-order valence-corrected chi connectivity index (χ2v) is 5.08. The van der Waals surface area contributed by atoms with Gasteiger partial charge in [0, 0.05) is 30.6 Å². The minimum atomic E-state index is -0.814. The zero-order valence-corrected chi connectivity index (χ0v) is 11.1. The van der Waals surface area contributed by atoms with Crippen molar-refractivity contribution >= 4 is 16.9 Å². The maximum absolute atomic E-state index is 10.8. The van der Waals surface area contributed by atoms with Crippen molar-refractivity contribution in [3.05, 3.63) is 36.1 Å². The minimum Gasteiger partial charge on any atom is -0.481 e. The summed E-state index contributed by atoms with van der Waals surface area (Å²) in [6.07, 6.45) is 1.62. The molecule has 1 unspecified atom stereocenters. The van der Waals surface area contributed by atoms with Crippen molar-refractivity contribution in [2.45, 2.75) is 19.1 Å². The molecule has 3 rings (SSSR count). The molecule has 0 amide bonds. The maximum atomic E-state index is 10.8. The first-order chi connectivity index (χ1) is 9.72. The lowest BCUT2D eigenvalue weighted by Crippen LogP contribution is -2.42. The Morgan fingerprint density at radius 1 is 1.40 bits per heavy atom. The van der Waals surface area contributed by atoms with Crippen LogP contribution in [0, 0.1) is 0 Å². The zero-order chi connectivity index (χ0) is 13.9. The highest BCUT2D eigenvalue weighted by Crippen LogP contribution is 2.23. The molecule has 1 N–H and O–H groups in total. The summed E-state index contributed by atoms with van der Waals surface area (Å²) in [6, 6.07) is 7.94. The van der Waals surface area contributed by atoms with E-state index in [0.717, 1.165) is 29.6 Å². The van der Waals surface area contributed by atoms with E-state index in [9.17, 15) is 4.79 Å². The van der Waals surface area contributed by atoms with Gasteiger partial charge in [-0.3, -0.25) is 9.69 Å². The standard InChI is InChI=1S/C15H17NO4/c17-15(18)7-12-9-16(5-6-19-12)8-11-10-20-14-4-2-1-3-13(11)14/h1-4,10,12H,5-9H2,(H,17,18). The summed E-state index contributed by atoms with van der Waals surface area (Å²) >= 11 is 0. The Labute approximate surface area is 116 Å². The third-order valence-electron chi connectivity index (χ3n) is 3.58. The Balaban J connectivity index is 1.69. The van der Waals surface area contributed by atoms with Crippen LogP contribution in [0.25, 0.3) is 11.0 Å². The van der Waals surface area contributed by atoms with Gasteiger partial charge in [-0.25, -0.2) is 0 Å². The maximum Gasteiger partial charge on any atom is 0.306 e.